The highest BCUT2D eigenvalue weighted by Crippen LogP contribution is 2.42. The summed E-state index contributed by atoms with van der Waals surface area (Å²) in [6.45, 7) is 4.22. The van der Waals surface area contributed by atoms with Crippen LogP contribution >= 0.6 is 11.6 Å². The third-order valence-corrected chi connectivity index (χ3v) is 9.41. The van der Waals surface area contributed by atoms with E-state index < -0.39 is 11.4 Å². The van der Waals surface area contributed by atoms with E-state index in [4.69, 9.17) is 16.3 Å². The molecule has 0 saturated heterocycles. The van der Waals surface area contributed by atoms with Gasteiger partial charge in [-0.05, 0) is 79.0 Å². The summed E-state index contributed by atoms with van der Waals surface area (Å²) in [7, 11) is 0. The van der Waals surface area contributed by atoms with E-state index in [-0.39, 0.29) is 23.8 Å². The number of anilines is 1. The van der Waals surface area contributed by atoms with Gasteiger partial charge in [0, 0.05) is 36.0 Å². The molecule has 1 saturated carbocycles. The molecule has 1 aliphatic carbocycles. The molecular weight excluding hydrogens is 520 g/mol. The lowest BCUT2D eigenvalue weighted by Gasteiger charge is -2.43. The van der Waals surface area contributed by atoms with Gasteiger partial charge in [-0.3, -0.25) is 4.79 Å². The number of halogens is 1. The van der Waals surface area contributed by atoms with Gasteiger partial charge in [0.05, 0.1) is 29.8 Å². The first-order valence-corrected chi connectivity index (χ1v) is 15.4. The maximum Gasteiger partial charge on any atom is 0.292 e. The first kappa shape index (κ1) is 27.4. The first-order chi connectivity index (χ1) is 18.4. The van der Waals surface area contributed by atoms with Gasteiger partial charge in [-0.25, -0.2) is 0 Å². The van der Waals surface area contributed by atoms with Crippen LogP contribution in [0.25, 0.3) is 0 Å². The highest BCUT2D eigenvalue weighted by molar-refractivity contribution is 7.90. The summed E-state index contributed by atoms with van der Waals surface area (Å²) in [5.41, 5.74) is 3.85. The molecule has 0 aromatic heterocycles. The second kappa shape index (κ2) is 12.3. The largest absolute Gasteiger partial charge is 0.593 e. The molecule has 2 bridgehead atoms. The molecule has 2 heterocycles. The quantitative estimate of drug-likeness (QED) is 0.390. The normalized spacial score (nSPS) is 28.8. The minimum atomic E-state index is -1.47. The summed E-state index contributed by atoms with van der Waals surface area (Å²) in [6, 6.07) is 11.6. The predicted octanol–water partition coefficient (Wildman–Crippen LogP) is 5.41. The molecule has 204 valence electrons. The predicted molar refractivity (Wildman–Crippen MR) is 153 cm³/mol. The average Bonchev–Trinajstić information content (AvgIpc) is 3.05. The molecule has 2 aliphatic heterocycles. The number of carbonyl (C=O) groups excluding carboxylic acids is 1. The Morgan fingerprint density at radius 2 is 2.05 bits per heavy atom. The Hall–Kier alpha value is -2.19. The van der Waals surface area contributed by atoms with E-state index in [1.165, 1.54) is 11.1 Å². The third-order valence-electron chi connectivity index (χ3n) is 8.15. The van der Waals surface area contributed by atoms with Crippen LogP contribution in [0.5, 0.6) is 5.75 Å². The molecule has 0 radical (unpaired) electrons. The summed E-state index contributed by atoms with van der Waals surface area (Å²) in [5, 5.41) is 11.7. The van der Waals surface area contributed by atoms with Gasteiger partial charge in [-0.1, -0.05) is 43.2 Å². The van der Waals surface area contributed by atoms with Crippen LogP contribution in [0, 0.1) is 11.8 Å². The van der Waals surface area contributed by atoms with E-state index in [0.29, 0.717) is 36.7 Å². The van der Waals surface area contributed by atoms with E-state index >= 15 is 0 Å². The number of hydrogen-bond acceptors (Lipinski definition) is 5. The van der Waals surface area contributed by atoms with Crippen LogP contribution in [0.2, 0.25) is 5.02 Å². The van der Waals surface area contributed by atoms with Crippen LogP contribution in [-0.2, 0) is 17.8 Å². The van der Waals surface area contributed by atoms with Gasteiger partial charge >= 0.3 is 0 Å². The molecule has 2 aromatic carbocycles. The number of aryl methyl sites for hydroxylation is 1. The number of benzene rings is 2. The van der Waals surface area contributed by atoms with Crippen molar-refractivity contribution in [2.45, 2.75) is 57.5 Å². The Morgan fingerprint density at radius 1 is 1.18 bits per heavy atom. The van der Waals surface area contributed by atoms with Crippen molar-refractivity contribution in [3.63, 3.8) is 0 Å². The Bertz CT molecular complexity index is 1170. The molecule has 4 unspecified atom stereocenters. The highest BCUT2D eigenvalue weighted by Gasteiger charge is 2.38. The van der Waals surface area contributed by atoms with Crippen LogP contribution in [0.1, 0.15) is 66.4 Å². The van der Waals surface area contributed by atoms with E-state index in [2.05, 4.69) is 28.7 Å². The van der Waals surface area contributed by atoms with Crippen molar-refractivity contribution in [3.8, 4) is 5.75 Å². The topological polar surface area (TPSA) is 84.9 Å². The van der Waals surface area contributed by atoms with Crippen molar-refractivity contribution >= 4 is 34.6 Å². The second-order valence-corrected chi connectivity index (χ2v) is 12.5. The summed E-state index contributed by atoms with van der Waals surface area (Å²) >= 11 is 4.89. The molecule has 1 fully saturated rings. The number of nitrogens with one attached hydrogen (secondary N) is 1. The SMILES string of the molecule is CCCc1cc(Cl)ccc1C1COc2ccc3cc2N(C1)C[C@@H]1CCC1C(O)C/C=C/CC[S+]([O-])NC3=O. The van der Waals surface area contributed by atoms with E-state index in [1.807, 2.05) is 30.4 Å². The number of carbonyl (C=O) groups is 1. The van der Waals surface area contributed by atoms with Crippen molar-refractivity contribution in [3.05, 3.63) is 70.3 Å². The molecule has 5 rings (SSSR count). The fourth-order valence-electron chi connectivity index (χ4n) is 5.98. The summed E-state index contributed by atoms with van der Waals surface area (Å²) in [4.78, 5) is 15.3. The monoisotopic (exact) mass is 556 g/mol. The van der Waals surface area contributed by atoms with Crippen molar-refractivity contribution in [2.24, 2.45) is 11.8 Å². The second-order valence-electron chi connectivity index (χ2n) is 10.7. The molecule has 38 heavy (non-hydrogen) atoms. The number of aliphatic hydroxyl groups excluding tert-OH is 1. The number of hydrogen-bond donors (Lipinski definition) is 2. The van der Waals surface area contributed by atoms with Gasteiger partial charge < -0.3 is 19.3 Å². The molecule has 2 aromatic rings. The Labute approximate surface area is 233 Å². The van der Waals surface area contributed by atoms with Crippen LogP contribution < -0.4 is 14.4 Å². The zero-order valence-corrected chi connectivity index (χ0v) is 23.5. The van der Waals surface area contributed by atoms with Crippen molar-refractivity contribution < 1.29 is 19.2 Å². The summed E-state index contributed by atoms with van der Waals surface area (Å²) in [5.74, 6) is 1.48. The van der Waals surface area contributed by atoms with Gasteiger partial charge in [0.15, 0.2) is 0 Å². The van der Waals surface area contributed by atoms with Gasteiger partial charge in [0.2, 0.25) is 0 Å². The molecule has 8 heteroatoms. The van der Waals surface area contributed by atoms with Crippen LogP contribution in [0.4, 0.5) is 5.69 Å². The Kier molecular flexibility index (Phi) is 8.88. The highest BCUT2D eigenvalue weighted by atomic mass is 35.5. The standard InChI is InChI=1S/C30H37ClN2O4S/c1-2-6-20-15-24(31)10-12-25(20)23-18-33-17-22-8-11-26(22)28(34)7-4-3-5-14-38(36)32-30(35)21-9-13-29(37-19-23)27(33)16-21/h3-4,9-10,12-13,15-16,22-23,26,28,34H,2,5-8,11,14,17-19H2,1H3,(H,32,35)/b4-3+/t22-,23?,26?,28?,38?/m0/s1. The minimum Gasteiger partial charge on any atom is -0.593 e. The van der Waals surface area contributed by atoms with Crippen LogP contribution in [0.15, 0.2) is 48.6 Å². The molecule has 2 N–H and O–H groups in total. The van der Waals surface area contributed by atoms with Crippen LogP contribution in [0.3, 0.4) is 0 Å². The molecule has 1 amide bonds. The number of allylic oxidation sites excluding steroid dienone is 1. The molecule has 0 spiro atoms. The number of rotatable bonds is 3. The molecule has 5 atom stereocenters. The molecular formula is C30H37ClN2O4S. The smallest absolute Gasteiger partial charge is 0.292 e. The molecule has 6 nitrogen and oxygen atoms in total. The lowest BCUT2D eigenvalue weighted by Crippen LogP contribution is -2.44. The van der Waals surface area contributed by atoms with Gasteiger partial charge in [-0.15, -0.1) is 0 Å². The summed E-state index contributed by atoms with van der Waals surface area (Å²) < 4.78 is 21.5. The van der Waals surface area contributed by atoms with E-state index in [9.17, 15) is 14.5 Å². The number of amides is 1. The fraction of sp³-hybridized carbons (Fsp3) is 0.500. The first-order valence-electron chi connectivity index (χ1n) is 13.8. The van der Waals surface area contributed by atoms with Gasteiger partial charge in [0.25, 0.3) is 5.91 Å². The van der Waals surface area contributed by atoms with Crippen LogP contribution in [-0.4, -0.2) is 47.1 Å². The fourth-order valence-corrected chi connectivity index (χ4v) is 6.95. The lowest BCUT2D eigenvalue weighted by atomic mass is 9.69. The number of fused-ring (bicyclic) bond motifs is 2. The average molecular weight is 557 g/mol. The Balaban J connectivity index is 1.50. The maximum absolute atomic E-state index is 13.0. The minimum absolute atomic E-state index is 0.128. The van der Waals surface area contributed by atoms with Crippen molar-refractivity contribution in [1.29, 1.82) is 0 Å². The maximum atomic E-state index is 13.0. The number of aliphatic hydroxyl groups is 1. The van der Waals surface area contributed by atoms with E-state index in [0.717, 1.165) is 55.2 Å². The third kappa shape index (κ3) is 6.17. The van der Waals surface area contributed by atoms with Crippen molar-refractivity contribution in [1.82, 2.24) is 4.72 Å². The van der Waals surface area contributed by atoms with Gasteiger partial charge in [0.1, 0.15) is 11.5 Å². The lowest BCUT2D eigenvalue weighted by molar-refractivity contribution is 0.0180. The summed E-state index contributed by atoms with van der Waals surface area (Å²) in [6.07, 6.45) is 8.80. The Morgan fingerprint density at radius 3 is 2.84 bits per heavy atom. The number of nitrogens with zero attached hydrogens (tertiary/aromatic N) is 1. The molecule has 3 aliphatic rings. The van der Waals surface area contributed by atoms with Crippen molar-refractivity contribution in [2.75, 3.05) is 30.3 Å². The number of ether oxygens (including phenoxy) is 1. The zero-order chi connectivity index (χ0) is 26.6. The zero-order valence-electron chi connectivity index (χ0n) is 21.9. The van der Waals surface area contributed by atoms with E-state index in [1.54, 1.807) is 6.07 Å². The van der Waals surface area contributed by atoms with Gasteiger partial charge in [-0.2, -0.15) is 4.72 Å².